The van der Waals surface area contributed by atoms with Crippen LogP contribution in [0.1, 0.15) is 10.4 Å². The lowest BCUT2D eigenvalue weighted by atomic mass is 10.1. The van der Waals surface area contributed by atoms with Gasteiger partial charge in [-0.25, -0.2) is 0 Å². The van der Waals surface area contributed by atoms with Crippen molar-refractivity contribution >= 4 is 50.2 Å². The second-order valence-corrected chi connectivity index (χ2v) is 7.59. The lowest BCUT2D eigenvalue weighted by molar-refractivity contribution is 0.0999. The minimum Gasteiger partial charge on any atom is -0.399 e. The van der Waals surface area contributed by atoms with Gasteiger partial charge in [0.25, 0.3) is 5.91 Å². The minimum atomic E-state index is -0.105. The van der Waals surface area contributed by atoms with E-state index >= 15 is 0 Å². The van der Waals surface area contributed by atoms with Crippen LogP contribution in [0, 0.1) is 0 Å². The van der Waals surface area contributed by atoms with Gasteiger partial charge in [0, 0.05) is 28.3 Å². The van der Waals surface area contributed by atoms with E-state index in [-0.39, 0.29) is 5.91 Å². The van der Waals surface area contributed by atoms with Gasteiger partial charge in [0.15, 0.2) is 0 Å². The summed E-state index contributed by atoms with van der Waals surface area (Å²) in [6.45, 7) is 0. The molecule has 0 saturated carbocycles. The Morgan fingerprint density at radius 1 is 0.548 bits per heavy atom. The highest BCUT2D eigenvalue weighted by Crippen LogP contribution is 2.33. The fourth-order valence-electron chi connectivity index (χ4n) is 3.88. The van der Waals surface area contributed by atoms with Gasteiger partial charge >= 0.3 is 0 Å². The number of benzene rings is 5. The number of carbonyl (C=O) groups excluding carboxylic acids is 1. The highest BCUT2D eigenvalue weighted by atomic mass is 16.2. The monoisotopic (exact) mass is 403 g/mol. The third-order valence-electron chi connectivity index (χ3n) is 5.44. The van der Waals surface area contributed by atoms with Crippen LogP contribution in [0.4, 0.5) is 22.7 Å². The van der Waals surface area contributed by atoms with Crippen LogP contribution in [0.5, 0.6) is 0 Å². The highest BCUT2D eigenvalue weighted by Gasteiger charge is 2.20. The smallest absolute Gasteiger partial charge is 0.262 e. The van der Waals surface area contributed by atoms with Crippen molar-refractivity contribution in [1.29, 1.82) is 0 Å². The van der Waals surface area contributed by atoms with Gasteiger partial charge in [0.05, 0.1) is 0 Å². The predicted molar refractivity (Wildman–Crippen MR) is 130 cm³/mol. The van der Waals surface area contributed by atoms with Crippen LogP contribution in [0.2, 0.25) is 0 Å². The van der Waals surface area contributed by atoms with E-state index < -0.39 is 0 Å². The molecule has 5 aromatic rings. The molecule has 0 aliphatic carbocycles. The highest BCUT2D eigenvalue weighted by molar-refractivity contribution is 6.12. The van der Waals surface area contributed by atoms with Crippen LogP contribution in [-0.2, 0) is 0 Å². The molecule has 4 heteroatoms. The number of nitrogen functional groups attached to an aromatic ring is 2. The Kier molecular flexibility index (Phi) is 4.53. The van der Waals surface area contributed by atoms with Crippen LogP contribution < -0.4 is 16.4 Å². The Morgan fingerprint density at radius 3 is 1.55 bits per heavy atom. The van der Waals surface area contributed by atoms with Crippen molar-refractivity contribution in [2.24, 2.45) is 0 Å². The molecule has 5 aromatic carbocycles. The van der Waals surface area contributed by atoms with E-state index in [1.165, 1.54) is 0 Å². The Bertz CT molecular complexity index is 1340. The summed E-state index contributed by atoms with van der Waals surface area (Å²) >= 11 is 0. The number of anilines is 4. The number of carbonyl (C=O) groups is 1. The Hall–Kier alpha value is -4.31. The third-order valence-corrected chi connectivity index (χ3v) is 5.44. The summed E-state index contributed by atoms with van der Waals surface area (Å²) in [6.07, 6.45) is 0. The molecule has 150 valence electrons. The van der Waals surface area contributed by atoms with Gasteiger partial charge in [-0.15, -0.1) is 0 Å². The largest absolute Gasteiger partial charge is 0.399 e. The van der Waals surface area contributed by atoms with Crippen molar-refractivity contribution in [3.05, 3.63) is 109 Å². The maximum Gasteiger partial charge on any atom is 0.262 e. The zero-order valence-electron chi connectivity index (χ0n) is 16.8. The number of rotatable bonds is 3. The first kappa shape index (κ1) is 18.7. The Balaban J connectivity index is 1.71. The van der Waals surface area contributed by atoms with Crippen LogP contribution in [0.25, 0.3) is 21.5 Å². The van der Waals surface area contributed by atoms with E-state index in [1.54, 1.807) is 4.90 Å². The summed E-state index contributed by atoms with van der Waals surface area (Å²) in [4.78, 5) is 15.4. The average Bonchev–Trinajstić information content (AvgIpc) is 2.79. The van der Waals surface area contributed by atoms with Gasteiger partial charge in [-0.1, -0.05) is 42.5 Å². The summed E-state index contributed by atoms with van der Waals surface area (Å²) in [6, 6.07) is 32.8. The normalized spacial score (nSPS) is 11.0. The van der Waals surface area contributed by atoms with Crippen molar-refractivity contribution in [2.45, 2.75) is 0 Å². The first-order valence-electron chi connectivity index (χ1n) is 10.1. The van der Waals surface area contributed by atoms with E-state index in [9.17, 15) is 4.79 Å². The van der Waals surface area contributed by atoms with Gasteiger partial charge in [-0.05, 0) is 82.2 Å². The zero-order chi connectivity index (χ0) is 21.4. The molecule has 0 atom stereocenters. The van der Waals surface area contributed by atoms with E-state index in [1.807, 2.05) is 103 Å². The van der Waals surface area contributed by atoms with Gasteiger partial charge in [-0.3, -0.25) is 9.69 Å². The molecule has 5 rings (SSSR count). The first-order chi connectivity index (χ1) is 15.1. The topological polar surface area (TPSA) is 72.3 Å². The zero-order valence-corrected chi connectivity index (χ0v) is 16.8. The number of fused-ring (bicyclic) bond motifs is 2. The second-order valence-electron chi connectivity index (χ2n) is 7.59. The minimum absolute atomic E-state index is 0.105. The summed E-state index contributed by atoms with van der Waals surface area (Å²) < 4.78 is 0. The fourth-order valence-corrected chi connectivity index (χ4v) is 3.88. The first-order valence-corrected chi connectivity index (χ1v) is 10.1. The van der Waals surface area contributed by atoms with Crippen molar-refractivity contribution in [3.63, 3.8) is 0 Å². The molecule has 4 N–H and O–H groups in total. The molecule has 0 fully saturated rings. The molecule has 0 bridgehead atoms. The molecule has 0 aromatic heterocycles. The average molecular weight is 403 g/mol. The summed E-state index contributed by atoms with van der Waals surface area (Å²) in [5.74, 6) is -0.105. The number of amides is 1. The standard InChI is InChI=1S/C27H21N3O/c28-23-10-6-18-8-12-25(16-21(18)14-23)30(27(31)20-4-2-1-3-5-20)26-13-9-19-7-11-24(29)15-22(19)17-26/h1-17H,28-29H2. The Labute approximate surface area is 180 Å². The number of hydrogen-bond donors (Lipinski definition) is 2. The molecule has 4 nitrogen and oxygen atoms in total. The Morgan fingerprint density at radius 2 is 1.03 bits per heavy atom. The van der Waals surface area contributed by atoms with Crippen LogP contribution in [0.15, 0.2) is 103 Å². The molecule has 1 amide bonds. The molecular weight excluding hydrogens is 382 g/mol. The van der Waals surface area contributed by atoms with E-state index in [0.29, 0.717) is 16.9 Å². The van der Waals surface area contributed by atoms with Crippen LogP contribution >= 0.6 is 0 Å². The van der Waals surface area contributed by atoms with Gasteiger partial charge in [0.2, 0.25) is 0 Å². The summed E-state index contributed by atoms with van der Waals surface area (Å²) in [7, 11) is 0. The second kappa shape index (κ2) is 7.50. The van der Waals surface area contributed by atoms with Gasteiger partial charge < -0.3 is 11.5 Å². The quantitative estimate of drug-likeness (QED) is 0.356. The predicted octanol–water partition coefficient (Wildman–Crippen LogP) is 6.14. The van der Waals surface area contributed by atoms with Crippen LogP contribution in [-0.4, -0.2) is 5.91 Å². The van der Waals surface area contributed by atoms with Crippen molar-refractivity contribution < 1.29 is 4.79 Å². The van der Waals surface area contributed by atoms with E-state index in [4.69, 9.17) is 11.5 Å². The van der Waals surface area contributed by atoms with Crippen molar-refractivity contribution in [2.75, 3.05) is 16.4 Å². The molecule has 0 unspecified atom stereocenters. The third kappa shape index (κ3) is 3.55. The molecule has 0 saturated heterocycles. The summed E-state index contributed by atoms with van der Waals surface area (Å²) in [5.41, 5.74) is 15.5. The lowest BCUT2D eigenvalue weighted by Gasteiger charge is -2.24. The maximum atomic E-state index is 13.6. The number of nitrogens with zero attached hydrogens (tertiary/aromatic N) is 1. The van der Waals surface area contributed by atoms with E-state index in [0.717, 1.165) is 32.9 Å². The molecule has 0 aliphatic heterocycles. The molecule has 0 heterocycles. The van der Waals surface area contributed by atoms with Crippen LogP contribution in [0.3, 0.4) is 0 Å². The molecule has 0 radical (unpaired) electrons. The molecular formula is C27H21N3O. The SMILES string of the molecule is Nc1ccc2ccc(N(C(=O)c3ccccc3)c3ccc4ccc(N)cc4c3)cc2c1. The van der Waals surface area contributed by atoms with Gasteiger partial charge in [-0.2, -0.15) is 0 Å². The molecule has 0 aliphatic rings. The van der Waals surface area contributed by atoms with Gasteiger partial charge in [0.1, 0.15) is 0 Å². The fraction of sp³-hybridized carbons (Fsp3) is 0. The molecule has 0 spiro atoms. The van der Waals surface area contributed by atoms with Crippen molar-refractivity contribution in [1.82, 2.24) is 0 Å². The number of hydrogen-bond acceptors (Lipinski definition) is 3. The lowest BCUT2D eigenvalue weighted by Crippen LogP contribution is -2.25. The number of nitrogens with two attached hydrogens (primary N) is 2. The van der Waals surface area contributed by atoms with Crippen molar-refractivity contribution in [3.8, 4) is 0 Å². The maximum absolute atomic E-state index is 13.6. The molecule has 31 heavy (non-hydrogen) atoms. The summed E-state index contributed by atoms with van der Waals surface area (Å²) in [5, 5.41) is 4.09. The van der Waals surface area contributed by atoms with E-state index in [2.05, 4.69) is 0 Å².